The summed E-state index contributed by atoms with van der Waals surface area (Å²) in [6.07, 6.45) is 2.37. The van der Waals surface area contributed by atoms with Crippen LogP contribution in [0.5, 0.6) is 0 Å². The second-order valence-electron chi connectivity index (χ2n) is 5.50. The zero-order chi connectivity index (χ0) is 13.2. The van der Waals surface area contributed by atoms with E-state index in [0.717, 1.165) is 26.1 Å². The van der Waals surface area contributed by atoms with Crippen LogP contribution in [0.1, 0.15) is 32.3 Å². The Balaban J connectivity index is 2.28. The molecule has 3 heteroatoms. The Hall–Kier alpha value is -0.540. The topological polar surface area (TPSA) is 15.3 Å². The van der Waals surface area contributed by atoms with Gasteiger partial charge in [0.25, 0.3) is 0 Å². The highest BCUT2D eigenvalue weighted by atomic mass is 79.9. The number of anilines is 1. The molecule has 1 heterocycles. The summed E-state index contributed by atoms with van der Waals surface area (Å²) >= 11 is 3.64. The summed E-state index contributed by atoms with van der Waals surface area (Å²) in [5, 5.41) is 3.69. The Morgan fingerprint density at radius 1 is 1.44 bits per heavy atom. The lowest BCUT2D eigenvalue weighted by Crippen LogP contribution is -2.48. The highest BCUT2D eigenvalue weighted by Gasteiger charge is 2.27. The molecule has 1 aromatic carbocycles. The minimum Gasteiger partial charge on any atom is -0.369 e. The number of nitrogens with one attached hydrogen (secondary N) is 1. The van der Waals surface area contributed by atoms with Crippen molar-refractivity contribution in [2.24, 2.45) is 0 Å². The second kappa shape index (κ2) is 5.62. The van der Waals surface area contributed by atoms with Crippen LogP contribution >= 0.6 is 15.9 Å². The molecule has 0 amide bonds. The van der Waals surface area contributed by atoms with Gasteiger partial charge in [-0.05, 0) is 50.9 Å². The van der Waals surface area contributed by atoms with Gasteiger partial charge < -0.3 is 10.2 Å². The van der Waals surface area contributed by atoms with Gasteiger partial charge in [0.05, 0.1) is 0 Å². The SMILES string of the molecule is CCC1(C)CN(c2cccc(Br)c2C)CCCN1. The molecule has 100 valence electrons. The third kappa shape index (κ3) is 2.89. The van der Waals surface area contributed by atoms with Crippen molar-refractivity contribution >= 4 is 21.6 Å². The average molecular weight is 311 g/mol. The Morgan fingerprint density at radius 3 is 2.94 bits per heavy atom. The summed E-state index contributed by atoms with van der Waals surface area (Å²) in [6.45, 7) is 10.1. The van der Waals surface area contributed by atoms with Gasteiger partial charge in [-0.15, -0.1) is 0 Å². The first-order chi connectivity index (χ1) is 8.56. The molecule has 0 radical (unpaired) electrons. The maximum atomic E-state index is 3.69. The van der Waals surface area contributed by atoms with E-state index in [9.17, 15) is 0 Å². The van der Waals surface area contributed by atoms with Crippen LogP contribution in [0, 0.1) is 6.92 Å². The van der Waals surface area contributed by atoms with E-state index in [2.05, 4.69) is 65.1 Å². The molecule has 1 unspecified atom stereocenters. The van der Waals surface area contributed by atoms with Gasteiger partial charge in [-0.25, -0.2) is 0 Å². The molecule has 2 nitrogen and oxygen atoms in total. The van der Waals surface area contributed by atoms with Gasteiger partial charge >= 0.3 is 0 Å². The molecular weight excluding hydrogens is 288 g/mol. The number of halogens is 1. The van der Waals surface area contributed by atoms with Gasteiger partial charge in [-0.2, -0.15) is 0 Å². The molecule has 0 bridgehead atoms. The Morgan fingerprint density at radius 2 is 2.22 bits per heavy atom. The maximum absolute atomic E-state index is 3.69. The van der Waals surface area contributed by atoms with Gasteiger partial charge in [0, 0.05) is 28.8 Å². The molecule has 2 rings (SSSR count). The maximum Gasteiger partial charge on any atom is 0.0407 e. The van der Waals surface area contributed by atoms with E-state index in [-0.39, 0.29) is 5.54 Å². The fourth-order valence-electron chi connectivity index (χ4n) is 2.60. The fourth-order valence-corrected chi connectivity index (χ4v) is 2.95. The molecule has 1 aromatic rings. The molecule has 0 aromatic heterocycles. The van der Waals surface area contributed by atoms with Crippen LogP contribution in [0.2, 0.25) is 0 Å². The van der Waals surface area contributed by atoms with Crippen LogP contribution in [-0.4, -0.2) is 25.2 Å². The number of nitrogens with zero attached hydrogens (tertiary/aromatic N) is 1. The Bertz CT molecular complexity index is 419. The largest absolute Gasteiger partial charge is 0.369 e. The Kier molecular flexibility index (Phi) is 4.33. The molecule has 1 N–H and O–H groups in total. The van der Waals surface area contributed by atoms with Crippen LogP contribution in [0.25, 0.3) is 0 Å². The average Bonchev–Trinajstić information content (AvgIpc) is 2.56. The zero-order valence-corrected chi connectivity index (χ0v) is 13.2. The van der Waals surface area contributed by atoms with Gasteiger partial charge in [-0.3, -0.25) is 0 Å². The third-order valence-electron chi connectivity index (χ3n) is 4.06. The quantitative estimate of drug-likeness (QED) is 0.895. The molecule has 1 aliphatic heterocycles. The minimum absolute atomic E-state index is 0.227. The molecular formula is C15H23BrN2. The highest BCUT2D eigenvalue weighted by molar-refractivity contribution is 9.10. The van der Waals surface area contributed by atoms with Crippen LogP contribution < -0.4 is 10.2 Å². The van der Waals surface area contributed by atoms with E-state index < -0.39 is 0 Å². The normalized spacial score (nSPS) is 25.0. The standard InChI is InChI=1S/C15H23BrN2/c1-4-15(3)11-18(10-6-9-17-15)14-8-5-7-13(16)12(14)2/h5,7-8,17H,4,6,9-11H2,1-3H3. The predicted molar refractivity (Wildman–Crippen MR) is 82.4 cm³/mol. The zero-order valence-electron chi connectivity index (χ0n) is 11.6. The number of hydrogen-bond donors (Lipinski definition) is 1. The molecule has 1 atom stereocenters. The van der Waals surface area contributed by atoms with Gasteiger partial charge in [0.1, 0.15) is 0 Å². The van der Waals surface area contributed by atoms with E-state index in [1.165, 1.54) is 22.1 Å². The van der Waals surface area contributed by atoms with Crippen LogP contribution in [-0.2, 0) is 0 Å². The molecule has 1 fully saturated rings. The third-order valence-corrected chi connectivity index (χ3v) is 4.92. The molecule has 0 aliphatic carbocycles. The molecule has 1 saturated heterocycles. The summed E-state index contributed by atoms with van der Waals surface area (Å²) in [6, 6.07) is 6.49. The number of rotatable bonds is 2. The number of hydrogen-bond acceptors (Lipinski definition) is 2. The van der Waals surface area contributed by atoms with E-state index >= 15 is 0 Å². The summed E-state index contributed by atoms with van der Waals surface area (Å²) in [5.41, 5.74) is 2.94. The van der Waals surface area contributed by atoms with Gasteiger partial charge in [0.15, 0.2) is 0 Å². The van der Waals surface area contributed by atoms with Crippen molar-refractivity contribution in [1.82, 2.24) is 5.32 Å². The van der Waals surface area contributed by atoms with E-state index in [1.54, 1.807) is 0 Å². The monoisotopic (exact) mass is 310 g/mol. The van der Waals surface area contributed by atoms with Crippen molar-refractivity contribution in [3.05, 3.63) is 28.2 Å². The van der Waals surface area contributed by atoms with Gasteiger partial charge in [-0.1, -0.05) is 28.9 Å². The summed E-state index contributed by atoms with van der Waals surface area (Å²) in [7, 11) is 0. The van der Waals surface area contributed by atoms with Crippen LogP contribution in [0.4, 0.5) is 5.69 Å². The summed E-state index contributed by atoms with van der Waals surface area (Å²) < 4.78 is 1.20. The summed E-state index contributed by atoms with van der Waals surface area (Å²) in [4.78, 5) is 2.53. The van der Waals surface area contributed by atoms with Crippen LogP contribution in [0.15, 0.2) is 22.7 Å². The minimum atomic E-state index is 0.227. The fraction of sp³-hybridized carbons (Fsp3) is 0.600. The van der Waals surface area contributed by atoms with Crippen molar-refractivity contribution in [3.63, 3.8) is 0 Å². The summed E-state index contributed by atoms with van der Waals surface area (Å²) in [5.74, 6) is 0. The van der Waals surface area contributed by atoms with Crippen molar-refractivity contribution in [2.45, 2.75) is 39.2 Å². The predicted octanol–water partition coefficient (Wildman–Crippen LogP) is 3.73. The first kappa shape index (κ1) is 13.9. The first-order valence-electron chi connectivity index (χ1n) is 6.81. The lowest BCUT2D eigenvalue weighted by atomic mass is 9.98. The highest BCUT2D eigenvalue weighted by Crippen LogP contribution is 2.29. The lowest BCUT2D eigenvalue weighted by Gasteiger charge is -2.34. The van der Waals surface area contributed by atoms with E-state index in [1.807, 2.05) is 0 Å². The number of benzene rings is 1. The molecule has 18 heavy (non-hydrogen) atoms. The molecule has 0 spiro atoms. The van der Waals surface area contributed by atoms with E-state index in [4.69, 9.17) is 0 Å². The van der Waals surface area contributed by atoms with Crippen molar-refractivity contribution < 1.29 is 0 Å². The first-order valence-corrected chi connectivity index (χ1v) is 7.60. The van der Waals surface area contributed by atoms with Crippen LogP contribution in [0.3, 0.4) is 0 Å². The molecule has 1 aliphatic rings. The van der Waals surface area contributed by atoms with Crippen molar-refractivity contribution in [3.8, 4) is 0 Å². The molecule has 0 saturated carbocycles. The van der Waals surface area contributed by atoms with E-state index in [0.29, 0.717) is 0 Å². The smallest absolute Gasteiger partial charge is 0.0407 e. The van der Waals surface area contributed by atoms with Gasteiger partial charge in [0.2, 0.25) is 0 Å². The Labute approximate surface area is 119 Å². The van der Waals surface area contributed by atoms with Crippen molar-refractivity contribution in [1.29, 1.82) is 0 Å². The van der Waals surface area contributed by atoms with Crippen molar-refractivity contribution in [2.75, 3.05) is 24.5 Å². The lowest BCUT2D eigenvalue weighted by molar-refractivity contribution is 0.366. The second-order valence-corrected chi connectivity index (χ2v) is 6.35.